The number of nitrogens with zero attached hydrogens (tertiary/aromatic N) is 1. The highest BCUT2D eigenvalue weighted by molar-refractivity contribution is 4.79. The van der Waals surface area contributed by atoms with Gasteiger partial charge in [0, 0.05) is 13.0 Å². The van der Waals surface area contributed by atoms with Gasteiger partial charge in [-0.3, -0.25) is 0 Å². The topological polar surface area (TPSA) is 35.8 Å². The molecule has 0 saturated heterocycles. The largest absolute Gasteiger partial charge is 0.316 e. The van der Waals surface area contributed by atoms with Gasteiger partial charge < -0.3 is 5.32 Å². The molecule has 0 heterocycles. The molecule has 1 rings (SSSR count). The third-order valence-electron chi connectivity index (χ3n) is 3.42. The molecule has 0 radical (unpaired) electrons. The van der Waals surface area contributed by atoms with Gasteiger partial charge in [0.1, 0.15) is 0 Å². The normalized spacial score (nSPS) is 17.9. The monoisotopic (exact) mass is 208 g/mol. The van der Waals surface area contributed by atoms with Gasteiger partial charge in [0.15, 0.2) is 0 Å². The van der Waals surface area contributed by atoms with E-state index in [9.17, 15) is 0 Å². The fourth-order valence-corrected chi connectivity index (χ4v) is 2.31. The lowest BCUT2D eigenvalue weighted by molar-refractivity contribution is 0.307. The average molecular weight is 208 g/mol. The molecular formula is C13H24N2. The van der Waals surface area contributed by atoms with Crippen LogP contribution in [0.2, 0.25) is 0 Å². The molecular weight excluding hydrogens is 184 g/mol. The summed E-state index contributed by atoms with van der Waals surface area (Å²) < 4.78 is 0. The van der Waals surface area contributed by atoms with E-state index in [1.165, 1.54) is 32.2 Å². The van der Waals surface area contributed by atoms with Crippen LogP contribution in [0, 0.1) is 22.7 Å². The van der Waals surface area contributed by atoms with Crippen molar-refractivity contribution in [1.29, 1.82) is 5.26 Å². The van der Waals surface area contributed by atoms with Crippen molar-refractivity contribution in [3.63, 3.8) is 0 Å². The molecule has 0 amide bonds. The summed E-state index contributed by atoms with van der Waals surface area (Å²) in [5.41, 5.74) is 0.272. The summed E-state index contributed by atoms with van der Waals surface area (Å²) >= 11 is 0. The fraction of sp³-hybridized carbons (Fsp3) is 0.923. The van der Waals surface area contributed by atoms with Crippen LogP contribution in [0.4, 0.5) is 0 Å². The first-order valence-corrected chi connectivity index (χ1v) is 6.22. The van der Waals surface area contributed by atoms with Crippen LogP contribution >= 0.6 is 0 Å². The molecule has 1 fully saturated rings. The molecule has 0 aromatic rings. The minimum Gasteiger partial charge on any atom is -0.316 e. The highest BCUT2D eigenvalue weighted by Crippen LogP contribution is 2.25. The summed E-state index contributed by atoms with van der Waals surface area (Å²) in [5.74, 6) is 0.914. The van der Waals surface area contributed by atoms with Crippen molar-refractivity contribution in [3.05, 3.63) is 0 Å². The van der Waals surface area contributed by atoms with E-state index in [1.54, 1.807) is 0 Å². The van der Waals surface area contributed by atoms with Crippen molar-refractivity contribution >= 4 is 0 Å². The number of hydrogen-bond donors (Lipinski definition) is 1. The number of hydrogen-bond acceptors (Lipinski definition) is 2. The first-order chi connectivity index (χ1) is 7.14. The van der Waals surface area contributed by atoms with E-state index in [2.05, 4.69) is 25.2 Å². The maximum Gasteiger partial charge on any atom is 0.0621 e. The molecule has 1 N–H and O–H groups in total. The van der Waals surface area contributed by atoms with Crippen molar-refractivity contribution in [1.82, 2.24) is 5.32 Å². The Morgan fingerprint density at radius 1 is 1.33 bits per heavy atom. The van der Waals surface area contributed by atoms with Crippen molar-refractivity contribution in [2.45, 2.75) is 52.4 Å². The summed E-state index contributed by atoms with van der Waals surface area (Å²) in [6.45, 7) is 6.71. The minimum atomic E-state index is 0.272. The summed E-state index contributed by atoms with van der Waals surface area (Å²) in [4.78, 5) is 0. The van der Waals surface area contributed by atoms with Crippen molar-refractivity contribution in [2.75, 3.05) is 13.1 Å². The maximum absolute atomic E-state index is 8.56. The second-order valence-electron chi connectivity index (χ2n) is 5.60. The molecule has 86 valence electrons. The zero-order valence-corrected chi connectivity index (χ0v) is 10.2. The van der Waals surface area contributed by atoms with E-state index >= 15 is 0 Å². The van der Waals surface area contributed by atoms with Gasteiger partial charge in [0.05, 0.1) is 6.07 Å². The molecule has 0 bridgehead atoms. The van der Waals surface area contributed by atoms with Gasteiger partial charge in [-0.15, -0.1) is 0 Å². The first-order valence-electron chi connectivity index (χ1n) is 6.22. The van der Waals surface area contributed by atoms with Crippen LogP contribution < -0.4 is 5.32 Å². The fourth-order valence-electron chi connectivity index (χ4n) is 2.31. The van der Waals surface area contributed by atoms with Gasteiger partial charge in [0.25, 0.3) is 0 Å². The Bertz CT molecular complexity index is 209. The lowest BCUT2D eigenvalue weighted by Gasteiger charge is -2.24. The molecule has 2 nitrogen and oxygen atoms in total. The van der Waals surface area contributed by atoms with Gasteiger partial charge in [-0.2, -0.15) is 5.26 Å². The number of nitriles is 1. The van der Waals surface area contributed by atoms with Crippen LogP contribution in [-0.2, 0) is 0 Å². The molecule has 1 saturated carbocycles. The lowest BCUT2D eigenvalue weighted by Crippen LogP contribution is -2.32. The average Bonchev–Trinajstić information content (AvgIpc) is 2.67. The lowest BCUT2D eigenvalue weighted by atomic mass is 9.88. The summed E-state index contributed by atoms with van der Waals surface area (Å²) in [6.07, 6.45) is 7.34. The Kier molecular flexibility index (Phi) is 5.11. The van der Waals surface area contributed by atoms with E-state index in [-0.39, 0.29) is 5.41 Å². The second-order valence-corrected chi connectivity index (χ2v) is 5.60. The van der Waals surface area contributed by atoms with Crippen LogP contribution in [0.3, 0.4) is 0 Å². The third-order valence-corrected chi connectivity index (χ3v) is 3.42. The van der Waals surface area contributed by atoms with Crippen LogP contribution in [0.25, 0.3) is 0 Å². The zero-order chi connectivity index (χ0) is 11.1. The first kappa shape index (κ1) is 12.5. The van der Waals surface area contributed by atoms with Crippen molar-refractivity contribution in [3.8, 4) is 6.07 Å². The molecule has 2 heteroatoms. The molecule has 0 unspecified atom stereocenters. The minimum absolute atomic E-state index is 0.272. The van der Waals surface area contributed by atoms with Crippen molar-refractivity contribution in [2.24, 2.45) is 11.3 Å². The molecule has 0 aliphatic heterocycles. The van der Waals surface area contributed by atoms with E-state index in [4.69, 9.17) is 5.26 Å². The zero-order valence-electron chi connectivity index (χ0n) is 10.2. The Labute approximate surface area is 94.1 Å². The smallest absolute Gasteiger partial charge is 0.0621 e. The molecule has 0 spiro atoms. The van der Waals surface area contributed by atoms with Crippen molar-refractivity contribution < 1.29 is 0 Å². The van der Waals surface area contributed by atoms with Crippen LogP contribution in [-0.4, -0.2) is 13.1 Å². The molecule has 15 heavy (non-hydrogen) atoms. The Balaban J connectivity index is 2.09. The van der Waals surface area contributed by atoms with E-state index in [1.807, 2.05) is 0 Å². The molecule has 0 aromatic heterocycles. The summed E-state index contributed by atoms with van der Waals surface area (Å²) in [6, 6.07) is 2.23. The van der Waals surface area contributed by atoms with Gasteiger partial charge in [0.2, 0.25) is 0 Å². The van der Waals surface area contributed by atoms with E-state index in [0.717, 1.165) is 18.9 Å². The Morgan fingerprint density at radius 3 is 2.60 bits per heavy atom. The summed E-state index contributed by atoms with van der Waals surface area (Å²) in [7, 11) is 0. The predicted octanol–water partition coefficient (Wildman–Crippen LogP) is 3.10. The van der Waals surface area contributed by atoms with Gasteiger partial charge in [-0.05, 0) is 37.1 Å². The van der Waals surface area contributed by atoms with E-state index in [0.29, 0.717) is 6.42 Å². The van der Waals surface area contributed by atoms with Gasteiger partial charge >= 0.3 is 0 Å². The molecule has 0 atom stereocenters. The van der Waals surface area contributed by atoms with Crippen LogP contribution in [0.5, 0.6) is 0 Å². The SMILES string of the molecule is CC(C)(CCC#N)CNCC1CCCC1. The summed E-state index contributed by atoms with van der Waals surface area (Å²) in [5, 5.41) is 12.1. The highest BCUT2D eigenvalue weighted by atomic mass is 14.9. The molecule has 0 aromatic carbocycles. The van der Waals surface area contributed by atoms with Crippen LogP contribution in [0.1, 0.15) is 52.4 Å². The predicted molar refractivity (Wildman–Crippen MR) is 63.5 cm³/mol. The second kappa shape index (κ2) is 6.12. The Morgan fingerprint density at radius 2 is 2.00 bits per heavy atom. The molecule has 1 aliphatic rings. The molecule has 1 aliphatic carbocycles. The quantitative estimate of drug-likeness (QED) is 0.728. The maximum atomic E-state index is 8.56. The third kappa shape index (κ3) is 5.18. The van der Waals surface area contributed by atoms with E-state index < -0.39 is 0 Å². The van der Waals surface area contributed by atoms with Gasteiger partial charge in [-0.25, -0.2) is 0 Å². The Hall–Kier alpha value is -0.550. The number of nitrogens with one attached hydrogen (secondary N) is 1. The number of rotatable bonds is 6. The van der Waals surface area contributed by atoms with Gasteiger partial charge in [-0.1, -0.05) is 26.7 Å². The standard InChI is InChI=1S/C13H24N2/c1-13(2,8-5-9-14)11-15-10-12-6-3-4-7-12/h12,15H,3-8,10-11H2,1-2H3. The van der Waals surface area contributed by atoms with Crippen LogP contribution in [0.15, 0.2) is 0 Å². The highest BCUT2D eigenvalue weighted by Gasteiger charge is 2.19.